The highest BCUT2D eigenvalue weighted by Gasteiger charge is 2.21. The van der Waals surface area contributed by atoms with Gasteiger partial charge in [-0.05, 0) is 37.0 Å². The monoisotopic (exact) mass is 262 g/mol. The SMILES string of the molecule is CC(CC(C)(N)C#N)Sc1ccc(C(C)C)cc1. The first kappa shape index (κ1) is 15.1. The van der Waals surface area contributed by atoms with E-state index >= 15 is 0 Å². The van der Waals surface area contributed by atoms with E-state index in [2.05, 4.69) is 51.1 Å². The molecule has 0 spiro atoms. The van der Waals surface area contributed by atoms with Crippen molar-refractivity contribution in [1.29, 1.82) is 5.26 Å². The molecular weight excluding hydrogens is 240 g/mol. The second-order valence-electron chi connectivity index (χ2n) is 5.39. The highest BCUT2D eigenvalue weighted by Crippen LogP contribution is 2.29. The van der Waals surface area contributed by atoms with Gasteiger partial charge >= 0.3 is 0 Å². The minimum atomic E-state index is -0.732. The number of hydrogen-bond acceptors (Lipinski definition) is 3. The van der Waals surface area contributed by atoms with Gasteiger partial charge in [-0.3, -0.25) is 0 Å². The highest BCUT2D eigenvalue weighted by molar-refractivity contribution is 7.99. The largest absolute Gasteiger partial charge is 0.314 e. The molecule has 0 aliphatic heterocycles. The van der Waals surface area contributed by atoms with Crippen LogP contribution in [0, 0.1) is 11.3 Å². The Bertz CT molecular complexity index is 415. The average Bonchev–Trinajstić information content (AvgIpc) is 2.29. The predicted octanol–water partition coefficient (Wildman–Crippen LogP) is 3.92. The molecule has 1 aromatic rings. The van der Waals surface area contributed by atoms with Crippen molar-refractivity contribution in [1.82, 2.24) is 0 Å². The second kappa shape index (κ2) is 6.26. The number of rotatable bonds is 5. The van der Waals surface area contributed by atoms with Crippen molar-refractivity contribution < 1.29 is 0 Å². The first-order valence-electron chi connectivity index (χ1n) is 6.31. The number of hydrogen-bond donors (Lipinski definition) is 1. The van der Waals surface area contributed by atoms with Crippen molar-refractivity contribution in [2.24, 2.45) is 5.73 Å². The third-order valence-electron chi connectivity index (χ3n) is 2.85. The van der Waals surface area contributed by atoms with Gasteiger partial charge in [0.15, 0.2) is 0 Å². The van der Waals surface area contributed by atoms with Crippen molar-refractivity contribution in [3.8, 4) is 6.07 Å². The van der Waals surface area contributed by atoms with Crippen LogP contribution >= 0.6 is 11.8 Å². The summed E-state index contributed by atoms with van der Waals surface area (Å²) in [5.41, 5.74) is 6.48. The first-order chi connectivity index (χ1) is 8.34. The van der Waals surface area contributed by atoms with Crippen LogP contribution in [0.4, 0.5) is 0 Å². The molecule has 0 amide bonds. The van der Waals surface area contributed by atoms with Crippen molar-refractivity contribution in [3.63, 3.8) is 0 Å². The summed E-state index contributed by atoms with van der Waals surface area (Å²) in [6.45, 7) is 8.28. The molecule has 2 N–H and O–H groups in total. The Balaban J connectivity index is 2.60. The minimum Gasteiger partial charge on any atom is -0.314 e. The molecule has 3 heteroatoms. The van der Waals surface area contributed by atoms with Gasteiger partial charge in [0.05, 0.1) is 6.07 Å². The summed E-state index contributed by atoms with van der Waals surface area (Å²) in [6.07, 6.45) is 0.695. The van der Waals surface area contributed by atoms with Gasteiger partial charge in [0, 0.05) is 10.1 Å². The molecule has 2 nitrogen and oxygen atoms in total. The third kappa shape index (κ3) is 4.72. The van der Waals surface area contributed by atoms with E-state index in [0.29, 0.717) is 17.6 Å². The average molecular weight is 262 g/mol. The summed E-state index contributed by atoms with van der Waals surface area (Å²) >= 11 is 1.78. The van der Waals surface area contributed by atoms with Gasteiger partial charge in [0.2, 0.25) is 0 Å². The number of nitrogens with two attached hydrogens (primary N) is 1. The fourth-order valence-corrected chi connectivity index (χ4v) is 3.04. The topological polar surface area (TPSA) is 49.8 Å². The van der Waals surface area contributed by atoms with E-state index in [-0.39, 0.29) is 0 Å². The zero-order chi connectivity index (χ0) is 13.8. The zero-order valence-electron chi connectivity index (χ0n) is 11.6. The molecule has 2 unspecified atom stereocenters. The summed E-state index contributed by atoms with van der Waals surface area (Å²) in [5.74, 6) is 0.562. The molecule has 98 valence electrons. The molecule has 0 aliphatic rings. The Hall–Kier alpha value is -0.980. The summed E-state index contributed by atoms with van der Waals surface area (Å²) in [5, 5.41) is 9.26. The standard InChI is InChI=1S/C15H22N2S/c1-11(2)13-5-7-14(8-6-13)18-12(3)9-15(4,17)10-16/h5-8,11-12H,9,17H2,1-4H3. The quantitative estimate of drug-likeness (QED) is 0.818. The maximum atomic E-state index is 8.92. The maximum absolute atomic E-state index is 8.92. The van der Waals surface area contributed by atoms with E-state index in [4.69, 9.17) is 11.0 Å². The van der Waals surface area contributed by atoms with Crippen molar-refractivity contribution >= 4 is 11.8 Å². The van der Waals surface area contributed by atoms with E-state index in [1.54, 1.807) is 18.7 Å². The van der Waals surface area contributed by atoms with Crippen LogP contribution in [0.2, 0.25) is 0 Å². The summed E-state index contributed by atoms with van der Waals surface area (Å²) < 4.78 is 0. The molecule has 0 bridgehead atoms. The van der Waals surface area contributed by atoms with Crippen LogP contribution < -0.4 is 5.73 Å². The lowest BCUT2D eigenvalue weighted by Crippen LogP contribution is -2.36. The van der Waals surface area contributed by atoms with Crippen LogP contribution in [0.5, 0.6) is 0 Å². The van der Waals surface area contributed by atoms with E-state index in [1.165, 1.54) is 10.5 Å². The van der Waals surface area contributed by atoms with Crippen LogP contribution in [-0.2, 0) is 0 Å². The molecule has 1 rings (SSSR count). The number of nitriles is 1. The third-order valence-corrected chi connectivity index (χ3v) is 3.96. The molecule has 0 aromatic heterocycles. The van der Waals surface area contributed by atoms with Crippen molar-refractivity contribution in [3.05, 3.63) is 29.8 Å². The van der Waals surface area contributed by atoms with E-state index in [9.17, 15) is 0 Å². The van der Waals surface area contributed by atoms with Gasteiger partial charge in [-0.2, -0.15) is 5.26 Å². The maximum Gasteiger partial charge on any atom is 0.102 e. The smallest absolute Gasteiger partial charge is 0.102 e. The molecule has 0 radical (unpaired) electrons. The van der Waals surface area contributed by atoms with Gasteiger partial charge < -0.3 is 5.73 Å². The summed E-state index contributed by atoms with van der Waals surface area (Å²) in [4.78, 5) is 1.24. The fraction of sp³-hybridized carbons (Fsp3) is 0.533. The van der Waals surface area contributed by atoms with E-state index < -0.39 is 5.54 Å². The molecule has 0 saturated heterocycles. The molecule has 0 heterocycles. The molecular formula is C15H22N2S. The fourth-order valence-electron chi connectivity index (χ4n) is 1.85. The Labute approximate surface area is 115 Å². The highest BCUT2D eigenvalue weighted by atomic mass is 32.2. The lowest BCUT2D eigenvalue weighted by atomic mass is 10.00. The summed E-state index contributed by atoms with van der Waals surface area (Å²) in [7, 11) is 0. The summed E-state index contributed by atoms with van der Waals surface area (Å²) in [6, 6.07) is 10.8. The minimum absolute atomic E-state index is 0.338. The Kier molecular flexibility index (Phi) is 5.25. The van der Waals surface area contributed by atoms with E-state index in [1.807, 2.05) is 0 Å². The van der Waals surface area contributed by atoms with Crippen molar-refractivity contribution in [2.75, 3.05) is 0 Å². The van der Waals surface area contributed by atoms with Gasteiger partial charge in [0.1, 0.15) is 5.54 Å². The van der Waals surface area contributed by atoms with Crippen LogP contribution in [0.25, 0.3) is 0 Å². The van der Waals surface area contributed by atoms with E-state index in [0.717, 1.165) is 0 Å². The van der Waals surface area contributed by atoms with Crippen molar-refractivity contribution in [2.45, 2.75) is 55.7 Å². The molecule has 0 fully saturated rings. The Morgan fingerprint density at radius 2 is 1.83 bits per heavy atom. The number of benzene rings is 1. The lowest BCUT2D eigenvalue weighted by molar-refractivity contribution is 0.545. The van der Waals surface area contributed by atoms with Gasteiger partial charge in [-0.25, -0.2) is 0 Å². The second-order valence-corrected chi connectivity index (χ2v) is 6.90. The Morgan fingerprint density at radius 1 is 1.28 bits per heavy atom. The molecule has 18 heavy (non-hydrogen) atoms. The zero-order valence-corrected chi connectivity index (χ0v) is 12.4. The van der Waals surface area contributed by atoms with Crippen LogP contribution in [0.1, 0.15) is 45.6 Å². The molecule has 2 atom stereocenters. The van der Waals surface area contributed by atoms with Gasteiger partial charge in [0.25, 0.3) is 0 Å². The van der Waals surface area contributed by atoms with Gasteiger partial charge in [-0.15, -0.1) is 11.8 Å². The first-order valence-corrected chi connectivity index (χ1v) is 7.19. The molecule has 0 saturated carbocycles. The lowest BCUT2D eigenvalue weighted by Gasteiger charge is -2.20. The molecule has 1 aromatic carbocycles. The normalized spacial score (nSPS) is 16.1. The van der Waals surface area contributed by atoms with Crippen LogP contribution in [-0.4, -0.2) is 10.8 Å². The van der Waals surface area contributed by atoms with Crippen LogP contribution in [0.3, 0.4) is 0 Å². The predicted molar refractivity (Wildman–Crippen MR) is 78.7 cm³/mol. The van der Waals surface area contributed by atoms with Crippen LogP contribution in [0.15, 0.2) is 29.2 Å². The number of thioether (sulfide) groups is 1. The number of nitrogens with zero attached hydrogens (tertiary/aromatic N) is 1. The Morgan fingerprint density at radius 3 is 2.28 bits per heavy atom. The van der Waals surface area contributed by atoms with Gasteiger partial charge in [-0.1, -0.05) is 32.9 Å². The molecule has 0 aliphatic carbocycles.